The molecule has 29 heavy (non-hydrogen) atoms. The predicted molar refractivity (Wildman–Crippen MR) is 104 cm³/mol. The number of Topliss-reactive ketones (excluding diaryl/α,β-unsaturated/α-hetero) is 2. The number of non-ortho nitro benzene ring substituents is 1. The molecule has 2 N–H and O–H groups in total. The maximum absolute atomic E-state index is 13.3. The van der Waals surface area contributed by atoms with Gasteiger partial charge >= 0.3 is 0 Å². The molecule has 0 bridgehead atoms. The van der Waals surface area contributed by atoms with Gasteiger partial charge < -0.3 is 10.4 Å². The minimum atomic E-state index is -0.839. The normalized spacial score (nSPS) is 20.2. The van der Waals surface area contributed by atoms with Gasteiger partial charge in [0, 0.05) is 58.0 Å². The highest BCUT2D eigenvalue weighted by Gasteiger charge is 2.44. The third-order valence-electron chi connectivity index (χ3n) is 5.80. The third kappa shape index (κ3) is 2.44. The molecular formula is C22H16N2O5. The average molecular weight is 388 g/mol. The van der Waals surface area contributed by atoms with Crippen LogP contribution in [-0.4, -0.2) is 21.6 Å². The Morgan fingerprint density at radius 2 is 1.79 bits per heavy atom. The number of nitrogens with one attached hydrogen (secondary N) is 1. The maximum Gasteiger partial charge on any atom is 0.270 e. The number of nitro groups is 1. The van der Waals surface area contributed by atoms with Gasteiger partial charge in [-0.05, 0) is 18.9 Å². The lowest BCUT2D eigenvalue weighted by molar-refractivity contribution is -0.384. The van der Waals surface area contributed by atoms with Crippen LogP contribution in [0.3, 0.4) is 0 Å². The monoisotopic (exact) mass is 388 g/mol. The highest BCUT2D eigenvalue weighted by molar-refractivity contribution is 6.23. The van der Waals surface area contributed by atoms with E-state index in [1.54, 1.807) is 12.1 Å². The Bertz CT molecular complexity index is 1190. The number of phenols is 1. The van der Waals surface area contributed by atoms with E-state index in [9.17, 15) is 24.8 Å². The number of nitro benzene ring substituents is 1. The Labute approximate surface area is 165 Å². The Balaban J connectivity index is 1.79. The van der Waals surface area contributed by atoms with Crippen molar-refractivity contribution in [3.8, 4) is 5.75 Å². The van der Waals surface area contributed by atoms with Crippen molar-refractivity contribution >= 4 is 23.0 Å². The van der Waals surface area contributed by atoms with Crippen molar-refractivity contribution in [2.24, 2.45) is 0 Å². The Hall–Kier alpha value is -3.74. The summed E-state index contributed by atoms with van der Waals surface area (Å²) in [5.74, 6) is -1.36. The van der Waals surface area contributed by atoms with Gasteiger partial charge in [-0.1, -0.05) is 24.3 Å². The molecule has 0 fully saturated rings. The van der Waals surface area contributed by atoms with Crippen molar-refractivity contribution in [3.05, 3.63) is 86.1 Å². The first kappa shape index (κ1) is 17.4. The topological polar surface area (TPSA) is 110 Å². The molecule has 1 aliphatic heterocycles. The number of fused-ring (bicyclic) bond motifs is 2. The summed E-state index contributed by atoms with van der Waals surface area (Å²) in [6, 6.07) is 10.9. The Kier molecular flexibility index (Phi) is 3.67. The van der Waals surface area contributed by atoms with E-state index in [1.165, 1.54) is 18.2 Å². The van der Waals surface area contributed by atoms with Crippen LogP contribution < -0.4 is 5.32 Å². The molecule has 1 heterocycles. The summed E-state index contributed by atoms with van der Waals surface area (Å²) in [7, 11) is 0. The summed E-state index contributed by atoms with van der Waals surface area (Å²) in [4.78, 5) is 36.9. The number of ketones is 2. The summed E-state index contributed by atoms with van der Waals surface area (Å²) >= 11 is 0. The number of carbonyl (C=O) groups excluding carboxylic acids is 2. The van der Waals surface area contributed by atoms with Crippen molar-refractivity contribution in [1.29, 1.82) is 0 Å². The minimum Gasteiger partial charge on any atom is -0.508 e. The number of allylic oxidation sites excluding steroid dienone is 3. The molecule has 0 saturated carbocycles. The van der Waals surface area contributed by atoms with Gasteiger partial charge in [-0.15, -0.1) is 0 Å². The maximum atomic E-state index is 13.3. The van der Waals surface area contributed by atoms with E-state index in [4.69, 9.17) is 0 Å². The molecule has 7 heteroatoms. The molecule has 0 radical (unpaired) electrons. The Morgan fingerprint density at radius 3 is 2.55 bits per heavy atom. The zero-order valence-corrected chi connectivity index (χ0v) is 15.3. The van der Waals surface area contributed by atoms with Gasteiger partial charge in [-0.3, -0.25) is 19.7 Å². The van der Waals surface area contributed by atoms with E-state index in [0.717, 1.165) is 11.3 Å². The third-order valence-corrected chi connectivity index (χ3v) is 5.80. The summed E-state index contributed by atoms with van der Waals surface area (Å²) in [5.41, 5.74) is 3.39. The van der Waals surface area contributed by atoms with Gasteiger partial charge in [0.2, 0.25) is 0 Å². The van der Waals surface area contributed by atoms with Crippen LogP contribution in [0.4, 0.5) is 5.69 Å². The quantitative estimate of drug-likeness (QED) is 0.601. The van der Waals surface area contributed by atoms with Crippen molar-refractivity contribution in [3.63, 3.8) is 0 Å². The van der Waals surface area contributed by atoms with Crippen LogP contribution in [0.2, 0.25) is 0 Å². The van der Waals surface area contributed by atoms with E-state index in [0.29, 0.717) is 41.7 Å². The van der Waals surface area contributed by atoms with Crippen LogP contribution in [0.1, 0.15) is 46.7 Å². The number of nitrogens with zero attached hydrogens (tertiary/aromatic N) is 1. The molecule has 0 spiro atoms. The molecule has 0 saturated heterocycles. The van der Waals surface area contributed by atoms with Gasteiger partial charge in [0.1, 0.15) is 5.75 Å². The lowest BCUT2D eigenvalue weighted by Gasteiger charge is -2.33. The zero-order valence-electron chi connectivity index (χ0n) is 15.3. The standard InChI is InChI=1S/C22H16N2O5/c25-16-9-8-11(24(28)29)10-14(16)18-19-15(6-3-7-17(19)26)23-21-12-4-1-2-5-13(12)22(27)20(18)21/h1-2,4-5,8-10,18,23,25H,3,6-7H2. The highest BCUT2D eigenvalue weighted by atomic mass is 16.6. The van der Waals surface area contributed by atoms with Crippen LogP contribution in [0.15, 0.2) is 59.3 Å². The fraction of sp³-hybridized carbons (Fsp3) is 0.182. The number of benzene rings is 2. The molecule has 144 valence electrons. The lowest BCUT2D eigenvalue weighted by Crippen LogP contribution is -2.31. The highest BCUT2D eigenvalue weighted by Crippen LogP contribution is 2.50. The second-order valence-corrected chi connectivity index (χ2v) is 7.39. The minimum absolute atomic E-state index is 0.107. The van der Waals surface area contributed by atoms with Crippen LogP contribution in [0, 0.1) is 10.1 Å². The number of hydrogen-bond acceptors (Lipinski definition) is 6. The first-order valence-corrected chi connectivity index (χ1v) is 9.36. The number of phenolic OH excluding ortho intramolecular Hbond substituents is 1. The molecule has 2 aromatic carbocycles. The van der Waals surface area contributed by atoms with Crippen LogP contribution in [0.25, 0.3) is 5.70 Å². The van der Waals surface area contributed by atoms with E-state index in [1.807, 2.05) is 12.1 Å². The lowest BCUT2D eigenvalue weighted by atomic mass is 9.74. The molecule has 7 nitrogen and oxygen atoms in total. The molecule has 3 aliphatic rings. The molecular weight excluding hydrogens is 372 g/mol. The molecule has 2 aliphatic carbocycles. The van der Waals surface area contributed by atoms with E-state index in [-0.39, 0.29) is 28.6 Å². The van der Waals surface area contributed by atoms with Gasteiger partial charge in [0.15, 0.2) is 11.6 Å². The Morgan fingerprint density at radius 1 is 1.03 bits per heavy atom. The zero-order chi connectivity index (χ0) is 20.3. The molecule has 0 amide bonds. The first-order valence-electron chi connectivity index (χ1n) is 9.36. The summed E-state index contributed by atoms with van der Waals surface area (Å²) in [6.45, 7) is 0. The smallest absolute Gasteiger partial charge is 0.270 e. The largest absolute Gasteiger partial charge is 0.508 e. The summed E-state index contributed by atoms with van der Waals surface area (Å²) in [6.07, 6.45) is 1.67. The van der Waals surface area contributed by atoms with Crippen LogP contribution in [0.5, 0.6) is 5.75 Å². The van der Waals surface area contributed by atoms with Crippen molar-refractivity contribution in [2.45, 2.75) is 25.2 Å². The average Bonchev–Trinajstić information content (AvgIpc) is 2.99. The fourth-order valence-electron chi connectivity index (χ4n) is 4.53. The number of aromatic hydroxyl groups is 1. The molecule has 1 atom stereocenters. The summed E-state index contributed by atoms with van der Waals surface area (Å²) < 4.78 is 0. The SMILES string of the molecule is O=C1CCCC2=C1C(c1cc([N+](=O)[O-])ccc1O)C1=C(N2)c2ccccc2C1=O. The van der Waals surface area contributed by atoms with Gasteiger partial charge in [-0.2, -0.15) is 0 Å². The van der Waals surface area contributed by atoms with Crippen molar-refractivity contribution in [2.75, 3.05) is 0 Å². The van der Waals surface area contributed by atoms with Gasteiger partial charge in [0.25, 0.3) is 5.69 Å². The van der Waals surface area contributed by atoms with Crippen molar-refractivity contribution < 1.29 is 19.6 Å². The molecule has 1 unspecified atom stereocenters. The second kappa shape index (κ2) is 6.13. The first-order chi connectivity index (χ1) is 14.0. The number of rotatable bonds is 2. The van der Waals surface area contributed by atoms with E-state index >= 15 is 0 Å². The van der Waals surface area contributed by atoms with Gasteiger partial charge in [-0.25, -0.2) is 0 Å². The molecule has 5 rings (SSSR count). The number of dihydropyridines is 1. The van der Waals surface area contributed by atoms with E-state index < -0.39 is 10.8 Å². The number of carbonyl (C=O) groups is 2. The molecule has 0 aromatic heterocycles. The van der Waals surface area contributed by atoms with Crippen LogP contribution in [-0.2, 0) is 4.79 Å². The van der Waals surface area contributed by atoms with E-state index in [2.05, 4.69) is 5.32 Å². The van der Waals surface area contributed by atoms with Crippen molar-refractivity contribution in [1.82, 2.24) is 5.32 Å². The van der Waals surface area contributed by atoms with Gasteiger partial charge in [0.05, 0.1) is 10.6 Å². The summed E-state index contributed by atoms with van der Waals surface area (Å²) in [5, 5.41) is 25.2. The second-order valence-electron chi connectivity index (χ2n) is 7.39. The molecule has 2 aromatic rings. The van der Waals surface area contributed by atoms with Crippen LogP contribution >= 0.6 is 0 Å². The predicted octanol–water partition coefficient (Wildman–Crippen LogP) is 3.60. The number of hydrogen-bond donors (Lipinski definition) is 2. The fourth-order valence-corrected chi connectivity index (χ4v) is 4.53.